The van der Waals surface area contributed by atoms with E-state index in [1.165, 1.54) is 12.1 Å². The maximum absolute atomic E-state index is 13.6. The monoisotopic (exact) mass is 493 g/mol. The van der Waals surface area contributed by atoms with E-state index in [4.69, 9.17) is 0 Å². The van der Waals surface area contributed by atoms with Crippen LogP contribution in [0.25, 0.3) is 10.2 Å². The molecule has 1 heterocycles. The van der Waals surface area contributed by atoms with Crippen LogP contribution in [0.2, 0.25) is 0 Å². The second-order valence-electron chi connectivity index (χ2n) is 7.52. The van der Waals surface area contributed by atoms with Crippen LogP contribution in [-0.2, 0) is 12.4 Å². The fraction of sp³-hybridized carbons (Fsp3) is 0.333. The minimum absolute atomic E-state index is 0.0170. The van der Waals surface area contributed by atoms with Gasteiger partial charge in [0, 0.05) is 12.1 Å². The SMILES string of the molecule is CN(C)CCCN(C(=O)c1cc(C(F)(F)F)cc(C(F)(F)F)c1)c1nc2ccc(F)cc2s1. The predicted molar refractivity (Wildman–Crippen MR) is 111 cm³/mol. The molecule has 0 fully saturated rings. The van der Waals surface area contributed by atoms with E-state index in [9.17, 15) is 35.5 Å². The van der Waals surface area contributed by atoms with Gasteiger partial charge in [-0.3, -0.25) is 9.69 Å². The fourth-order valence-corrected chi connectivity index (χ4v) is 4.08. The molecule has 33 heavy (non-hydrogen) atoms. The second-order valence-corrected chi connectivity index (χ2v) is 8.53. The van der Waals surface area contributed by atoms with Crippen LogP contribution >= 0.6 is 11.3 Å². The van der Waals surface area contributed by atoms with Crippen LogP contribution in [0.4, 0.5) is 35.9 Å². The standard InChI is InChI=1S/C21H18F7N3OS/c1-30(2)6-3-7-31(19-29-16-5-4-15(22)11-17(16)33-19)18(32)12-8-13(20(23,24)25)10-14(9-12)21(26,27)28/h4-5,8-11H,3,6-7H2,1-2H3. The lowest BCUT2D eigenvalue weighted by molar-refractivity contribution is -0.143. The molecule has 0 N–H and O–H groups in total. The number of benzene rings is 2. The molecule has 4 nitrogen and oxygen atoms in total. The van der Waals surface area contributed by atoms with Crippen molar-refractivity contribution in [1.82, 2.24) is 9.88 Å². The number of alkyl halides is 6. The molecule has 0 saturated carbocycles. The molecule has 0 aliphatic carbocycles. The van der Waals surface area contributed by atoms with E-state index >= 15 is 0 Å². The van der Waals surface area contributed by atoms with Gasteiger partial charge >= 0.3 is 12.4 Å². The largest absolute Gasteiger partial charge is 0.416 e. The van der Waals surface area contributed by atoms with Gasteiger partial charge in [-0.05, 0) is 63.5 Å². The molecule has 0 spiro atoms. The summed E-state index contributed by atoms with van der Waals surface area (Å²) in [6.07, 6.45) is -9.80. The number of aromatic nitrogens is 1. The van der Waals surface area contributed by atoms with E-state index < -0.39 is 40.8 Å². The van der Waals surface area contributed by atoms with Gasteiger partial charge in [0.2, 0.25) is 0 Å². The summed E-state index contributed by atoms with van der Waals surface area (Å²) < 4.78 is 93.4. The molecule has 0 aliphatic rings. The highest BCUT2D eigenvalue weighted by atomic mass is 32.1. The number of halogens is 7. The van der Waals surface area contributed by atoms with E-state index in [0.29, 0.717) is 35.3 Å². The van der Waals surface area contributed by atoms with Crippen LogP contribution in [0.1, 0.15) is 27.9 Å². The van der Waals surface area contributed by atoms with Crippen LogP contribution in [0.3, 0.4) is 0 Å². The lowest BCUT2D eigenvalue weighted by Gasteiger charge is -2.22. The Bertz CT molecular complexity index is 1120. The number of thiazole rings is 1. The zero-order chi connectivity index (χ0) is 24.6. The zero-order valence-electron chi connectivity index (χ0n) is 17.4. The van der Waals surface area contributed by atoms with Crippen molar-refractivity contribution >= 4 is 32.6 Å². The first-order valence-corrected chi connectivity index (χ1v) is 10.4. The van der Waals surface area contributed by atoms with Crippen molar-refractivity contribution in [3.05, 3.63) is 58.9 Å². The minimum atomic E-state index is -5.08. The molecule has 2 aromatic carbocycles. The van der Waals surface area contributed by atoms with Gasteiger partial charge < -0.3 is 4.90 Å². The zero-order valence-corrected chi connectivity index (χ0v) is 18.2. The lowest BCUT2D eigenvalue weighted by atomic mass is 10.0. The Morgan fingerprint density at radius 2 is 1.55 bits per heavy atom. The Morgan fingerprint density at radius 3 is 2.09 bits per heavy atom. The minimum Gasteiger partial charge on any atom is -0.309 e. The van der Waals surface area contributed by atoms with E-state index in [2.05, 4.69) is 4.98 Å². The molecule has 1 aromatic heterocycles. The molecule has 3 rings (SSSR count). The molecule has 0 saturated heterocycles. The van der Waals surface area contributed by atoms with Gasteiger partial charge in [0.1, 0.15) is 5.82 Å². The third-order valence-corrected chi connectivity index (χ3v) is 5.68. The number of anilines is 1. The molecule has 0 aliphatic heterocycles. The molecule has 0 bridgehead atoms. The van der Waals surface area contributed by atoms with Crippen molar-refractivity contribution in [2.24, 2.45) is 0 Å². The van der Waals surface area contributed by atoms with Crippen molar-refractivity contribution in [3.63, 3.8) is 0 Å². The molecule has 3 aromatic rings. The molecular formula is C21H18F7N3OS. The van der Waals surface area contributed by atoms with E-state index in [1.807, 2.05) is 4.90 Å². The topological polar surface area (TPSA) is 36.4 Å². The Hall–Kier alpha value is -2.73. The van der Waals surface area contributed by atoms with Gasteiger partial charge in [-0.1, -0.05) is 11.3 Å². The molecule has 1 amide bonds. The molecular weight excluding hydrogens is 475 g/mol. The number of carbonyl (C=O) groups excluding carboxylic acids is 1. The third kappa shape index (κ3) is 5.99. The van der Waals surface area contributed by atoms with Crippen molar-refractivity contribution in [1.29, 1.82) is 0 Å². The number of nitrogens with zero attached hydrogens (tertiary/aromatic N) is 3. The summed E-state index contributed by atoms with van der Waals surface area (Å²) in [5, 5.41) is 0.0466. The highest BCUT2D eigenvalue weighted by Gasteiger charge is 2.38. The number of carbonyl (C=O) groups is 1. The van der Waals surface area contributed by atoms with E-state index in [1.54, 1.807) is 14.1 Å². The van der Waals surface area contributed by atoms with Gasteiger partial charge in [-0.2, -0.15) is 26.3 Å². The summed E-state index contributed by atoms with van der Waals surface area (Å²) in [5.41, 5.74) is -3.59. The summed E-state index contributed by atoms with van der Waals surface area (Å²) in [6, 6.07) is 4.47. The Kier molecular flexibility index (Phi) is 6.99. The highest BCUT2D eigenvalue weighted by Crippen LogP contribution is 2.37. The van der Waals surface area contributed by atoms with Crippen LogP contribution in [0.15, 0.2) is 36.4 Å². The average molecular weight is 493 g/mol. The highest BCUT2D eigenvalue weighted by molar-refractivity contribution is 7.22. The maximum atomic E-state index is 13.6. The molecule has 0 atom stereocenters. The van der Waals surface area contributed by atoms with Crippen molar-refractivity contribution < 1.29 is 35.5 Å². The number of hydrogen-bond donors (Lipinski definition) is 0. The molecule has 0 radical (unpaired) electrons. The number of rotatable bonds is 6. The average Bonchev–Trinajstić information content (AvgIpc) is 3.11. The van der Waals surface area contributed by atoms with Gasteiger partial charge in [-0.15, -0.1) is 0 Å². The Labute approximate surface area is 188 Å². The lowest BCUT2D eigenvalue weighted by Crippen LogP contribution is -2.34. The Balaban J connectivity index is 2.08. The van der Waals surface area contributed by atoms with Gasteiger partial charge in [-0.25, -0.2) is 9.37 Å². The van der Waals surface area contributed by atoms with E-state index in [0.717, 1.165) is 22.3 Å². The van der Waals surface area contributed by atoms with Crippen LogP contribution in [-0.4, -0.2) is 43.0 Å². The van der Waals surface area contributed by atoms with Crippen molar-refractivity contribution in [2.75, 3.05) is 32.1 Å². The molecule has 178 valence electrons. The maximum Gasteiger partial charge on any atom is 0.416 e. The second kappa shape index (κ2) is 9.26. The summed E-state index contributed by atoms with van der Waals surface area (Å²) in [6.45, 7) is 0.483. The third-order valence-electron chi connectivity index (χ3n) is 4.64. The van der Waals surface area contributed by atoms with E-state index in [-0.39, 0.29) is 17.7 Å². The summed E-state index contributed by atoms with van der Waals surface area (Å²) in [5.74, 6) is -1.61. The first-order chi connectivity index (χ1) is 15.3. The number of amides is 1. The van der Waals surface area contributed by atoms with Crippen molar-refractivity contribution in [3.8, 4) is 0 Å². The summed E-state index contributed by atoms with van der Waals surface area (Å²) in [7, 11) is 3.55. The predicted octanol–water partition coefficient (Wildman–Crippen LogP) is 6.07. The number of hydrogen-bond acceptors (Lipinski definition) is 4. The van der Waals surface area contributed by atoms with Crippen LogP contribution < -0.4 is 4.90 Å². The fourth-order valence-electron chi connectivity index (χ4n) is 3.07. The van der Waals surface area contributed by atoms with Gasteiger partial charge in [0.05, 0.1) is 21.3 Å². The summed E-state index contributed by atoms with van der Waals surface area (Å²) >= 11 is 0.917. The first-order valence-electron chi connectivity index (χ1n) is 9.58. The first kappa shape index (κ1) is 24.9. The smallest absolute Gasteiger partial charge is 0.309 e. The van der Waals surface area contributed by atoms with Crippen LogP contribution in [0, 0.1) is 5.82 Å². The van der Waals surface area contributed by atoms with Crippen LogP contribution in [0.5, 0.6) is 0 Å². The van der Waals surface area contributed by atoms with Crippen molar-refractivity contribution in [2.45, 2.75) is 18.8 Å². The molecule has 12 heteroatoms. The van der Waals surface area contributed by atoms with Gasteiger partial charge in [0.15, 0.2) is 5.13 Å². The quantitative estimate of drug-likeness (QED) is 0.391. The molecule has 0 unspecified atom stereocenters. The summed E-state index contributed by atoms with van der Waals surface area (Å²) in [4.78, 5) is 20.3. The Morgan fingerprint density at radius 1 is 0.939 bits per heavy atom. The number of fused-ring (bicyclic) bond motifs is 1. The normalized spacial score (nSPS) is 12.5. The van der Waals surface area contributed by atoms with Gasteiger partial charge in [0.25, 0.3) is 5.91 Å².